The van der Waals surface area contributed by atoms with Crippen LogP contribution in [-0.4, -0.2) is 30.0 Å². The van der Waals surface area contributed by atoms with E-state index in [9.17, 15) is 0 Å². The molecule has 1 saturated heterocycles. The second-order valence-electron chi connectivity index (χ2n) is 8.40. The first-order valence-electron chi connectivity index (χ1n) is 10.6. The summed E-state index contributed by atoms with van der Waals surface area (Å²) < 4.78 is 9.69. The molecule has 2 aliphatic rings. The van der Waals surface area contributed by atoms with Crippen molar-refractivity contribution in [3.05, 3.63) is 52.9 Å². The third kappa shape index (κ3) is 3.46. The van der Waals surface area contributed by atoms with Crippen LogP contribution in [0.3, 0.4) is 0 Å². The number of nitrogens with zero attached hydrogens (tertiary/aromatic N) is 4. The maximum absolute atomic E-state index is 6.90. The van der Waals surface area contributed by atoms with Gasteiger partial charge < -0.3 is 9.64 Å². The number of benzene rings is 1. The minimum Gasteiger partial charge on any atom is -0.496 e. The molecule has 3 heterocycles. The number of aromatic nitrogens is 3. The number of hydrogen-bond donors (Lipinski definition) is 0. The summed E-state index contributed by atoms with van der Waals surface area (Å²) in [7, 11) is 3.75. The molecule has 2 aromatic heterocycles. The molecular weight excluding hydrogens is 384 g/mol. The van der Waals surface area contributed by atoms with E-state index < -0.39 is 0 Å². The van der Waals surface area contributed by atoms with E-state index in [2.05, 4.69) is 39.8 Å². The molecule has 5 rings (SSSR count). The summed E-state index contributed by atoms with van der Waals surface area (Å²) in [4.78, 5) is 2.42. The quantitative estimate of drug-likeness (QED) is 0.591. The van der Waals surface area contributed by atoms with E-state index in [1.165, 1.54) is 18.4 Å². The topological polar surface area (TPSA) is 34.4 Å². The van der Waals surface area contributed by atoms with Crippen molar-refractivity contribution < 1.29 is 9.14 Å². The Kier molecular flexibility index (Phi) is 4.86. The smallest absolute Gasteiger partial charge is 0.285 e. The van der Waals surface area contributed by atoms with Gasteiger partial charge in [-0.1, -0.05) is 29.8 Å². The highest BCUT2D eigenvalue weighted by atomic mass is 35.5. The molecule has 1 aliphatic heterocycles. The Morgan fingerprint density at radius 1 is 1.14 bits per heavy atom. The lowest BCUT2D eigenvalue weighted by molar-refractivity contribution is -0.522. The summed E-state index contributed by atoms with van der Waals surface area (Å²) in [6.07, 6.45) is 8.03. The molecule has 0 amide bonds. The number of hydrogen-bond acceptors (Lipinski definition) is 3. The van der Waals surface area contributed by atoms with Crippen LogP contribution >= 0.6 is 11.6 Å². The lowest BCUT2D eigenvalue weighted by Crippen LogP contribution is -2.34. The molecule has 2 fully saturated rings. The fraction of sp³-hybridized carbons (Fsp3) is 0.478. The highest BCUT2D eigenvalue weighted by Crippen LogP contribution is 2.37. The molecule has 152 valence electrons. The van der Waals surface area contributed by atoms with E-state index in [4.69, 9.17) is 21.4 Å². The molecule has 1 saturated carbocycles. The van der Waals surface area contributed by atoms with Gasteiger partial charge in [0.25, 0.3) is 11.5 Å². The fourth-order valence-electron chi connectivity index (χ4n) is 4.68. The Morgan fingerprint density at radius 2 is 1.90 bits per heavy atom. The van der Waals surface area contributed by atoms with Crippen molar-refractivity contribution in [3.8, 4) is 5.75 Å². The number of aryl methyl sites for hydroxylation is 1. The standard InChI is InChI=1S/C23H28ClN4O/c1-26-23-22(24)19(11-14-28(23)21(25-26)15-16-7-8-16)27-12-9-17(10-13-27)18-5-3-4-6-20(18)29-2/h3-6,11,14,16-17H,7-10,12-13,15H2,1-2H3/q+1. The molecule has 5 nitrogen and oxygen atoms in total. The number of anilines is 1. The van der Waals surface area contributed by atoms with Gasteiger partial charge in [-0.3, -0.25) is 0 Å². The number of piperidine rings is 1. The third-order valence-corrected chi connectivity index (χ3v) is 6.83. The molecule has 3 aromatic rings. The minimum atomic E-state index is 0.529. The lowest BCUT2D eigenvalue weighted by Gasteiger charge is -2.34. The number of para-hydroxylation sites is 1. The Morgan fingerprint density at radius 3 is 2.62 bits per heavy atom. The zero-order valence-electron chi connectivity index (χ0n) is 17.1. The van der Waals surface area contributed by atoms with Gasteiger partial charge in [-0.25, -0.2) is 0 Å². The van der Waals surface area contributed by atoms with Gasteiger partial charge in [0.15, 0.2) is 0 Å². The lowest BCUT2D eigenvalue weighted by atomic mass is 9.88. The summed E-state index contributed by atoms with van der Waals surface area (Å²) in [5, 5.41) is 5.56. The molecule has 0 spiro atoms. The van der Waals surface area contributed by atoms with E-state index in [1.807, 2.05) is 17.8 Å². The number of ether oxygens (including phenoxy) is 1. The summed E-state index contributed by atoms with van der Waals surface area (Å²) in [5.41, 5.74) is 3.43. The molecule has 0 atom stereocenters. The van der Waals surface area contributed by atoms with Gasteiger partial charge in [-0.15, -0.1) is 4.68 Å². The number of halogens is 1. The van der Waals surface area contributed by atoms with Gasteiger partial charge in [-0.05, 0) is 55.2 Å². The third-order valence-electron chi connectivity index (χ3n) is 6.46. The highest BCUT2D eigenvalue weighted by Gasteiger charge is 2.31. The van der Waals surface area contributed by atoms with Crippen LogP contribution in [0.15, 0.2) is 36.5 Å². The molecule has 0 bridgehead atoms. The van der Waals surface area contributed by atoms with Gasteiger partial charge in [0, 0.05) is 24.6 Å². The average Bonchev–Trinajstić information content (AvgIpc) is 3.51. The van der Waals surface area contributed by atoms with Crippen LogP contribution < -0.4 is 14.0 Å². The van der Waals surface area contributed by atoms with Crippen molar-refractivity contribution in [1.29, 1.82) is 0 Å². The normalized spacial score (nSPS) is 17.8. The van der Waals surface area contributed by atoms with E-state index in [-0.39, 0.29) is 0 Å². The van der Waals surface area contributed by atoms with Crippen LogP contribution in [-0.2, 0) is 13.5 Å². The van der Waals surface area contributed by atoms with Crippen LogP contribution in [0.4, 0.5) is 5.69 Å². The molecule has 0 unspecified atom stereocenters. The summed E-state index contributed by atoms with van der Waals surface area (Å²) in [6.45, 7) is 1.98. The van der Waals surface area contributed by atoms with E-state index in [1.54, 1.807) is 7.11 Å². The van der Waals surface area contributed by atoms with Crippen LogP contribution in [0.2, 0.25) is 5.02 Å². The number of methoxy groups -OCH3 is 1. The molecule has 1 aromatic carbocycles. The summed E-state index contributed by atoms with van der Waals surface area (Å²) in [5.74, 6) is 3.45. The highest BCUT2D eigenvalue weighted by molar-refractivity contribution is 6.35. The number of rotatable bonds is 5. The van der Waals surface area contributed by atoms with Crippen LogP contribution in [0.5, 0.6) is 5.75 Å². The van der Waals surface area contributed by atoms with Crippen molar-refractivity contribution in [1.82, 2.24) is 9.78 Å². The van der Waals surface area contributed by atoms with Crippen LogP contribution in [0, 0.1) is 5.92 Å². The predicted octanol–water partition coefficient (Wildman–Crippen LogP) is 4.16. The fourth-order valence-corrected chi connectivity index (χ4v) is 5.08. The molecular formula is C23H28ClN4O+. The van der Waals surface area contributed by atoms with E-state index >= 15 is 0 Å². The molecule has 29 heavy (non-hydrogen) atoms. The van der Waals surface area contributed by atoms with Crippen molar-refractivity contribution in [2.75, 3.05) is 25.1 Å². The van der Waals surface area contributed by atoms with Gasteiger partial charge in [0.2, 0.25) is 0 Å². The second-order valence-corrected chi connectivity index (χ2v) is 8.78. The van der Waals surface area contributed by atoms with Crippen molar-refractivity contribution in [3.63, 3.8) is 0 Å². The zero-order chi connectivity index (χ0) is 20.0. The van der Waals surface area contributed by atoms with Gasteiger partial charge in [0.05, 0.1) is 26.0 Å². The summed E-state index contributed by atoms with van der Waals surface area (Å²) >= 11 is 6.90. The number of pyridine rings is 1. The number of fused-ring (bicyclic) bond motifs is 1. The van der Waals surface area contributed by atoms with E-state index in [0.717, 1.165) is 66.2 Å². The Bertz CT molecular complexity index is 1030. The monoisotopic (exact) mass is 411 g/mol. The second kappa shape index (κ2) is 7.52. The summed E-state index contributed by atoms with van der Waals surface area (Å²) in [6, 6.07) is 10.6. The first-order chi connectivity index (χ1) is 14.2. The zero-order valence-corrected chi connectivity index (χ0v) is 17.9. The average molecular weight is 412 g/mol. The van der Waals surface area contributed by atoms with Crippen molar-refractivity contribution in [2.24, 2.45) is 13.0 Å². The molecule has 1 aliphatic carbocycles. The first-order valence-corrected chi connectivity index (χ1v) is 11.0. The molecule has 0 N–H and O–H groups in total. The Labute approximate surface area is 176 Å². The van der Waals surface area contributed by atoms with Crippen LogP contribution in [0.25, 0.3) is 5.65 Å². The minimum absolute atomic E-state index is 0.529. The van der Waals surface area contributed by atoms with Crippen molar-refractivity contribution >= 4 is 22.9 Å². The molecule has 0 radical (unpaired) electrons. The van der Waals surface area contributed by atoms with Gasteiger partial charge >= 0.3 is 0 Å². The Balaban J connectivity index is 1.38. The predicted molar refractivity (Wildman–Crippen MR) is 115 cm³/mol. The largest absolute Gasteiger partial charge is 0.496 e. The first kappa shape index (κ1) is 18.7. The van der Waals surface area contributed by atoms with Gasteiger partial charge in [-0.2, -0.15) is 4.40 Å². The van der Waals surface area contributed by atoms with Crippen LogP contribution in [0.1, 0.15) is 43.0 Å². The molecule has 6 heteroatoms. The van der Waals surface area contributed by atoms with Gasteiger partial charge in [0.1, 0.15) is 10.8 Å². The Hall–Kier alpha value is -2.27. The van der Waals surface area contributed by atoms with E-state index in [0.29, 0.717) is 5.92 Å². The maximum Gasteiger partial charge on any atom is 0.285 e. The van der Waals surface area contributed by atoms with Crippen molar-refractivity contribution in [2.45, 2.75) is 38.0 Å². The maximum atomic E-state index is 6.90. The SMILES string of the molecule is COc1ccccc1C1CCN(c2cc[n+]3c(CC4CC4)nn(C)c3c2Cl)CC1.